The second-order valence-corrected chi connectivity index (χ2v) is 9.94. The molecule has 0 bridgehead atoms. The van der Waals surface area contributed by atoms with Gasteiger partial charge in [0.05, 0.1) is 12.2 Å². The van der Waals surface area contributed by atoms with Crippen LogP contribution in [0.2, 0.25) is 0 Å². The maximum absolute atomic E-state index is 13.7. The summed E-state index contributed by atoms with van der Waals surface area (Å²) in [6.07, 6.45) is 3.28. The standard InChI is InChI=1S/C30H37N3O8/c1-4-19(3)25(29(38)33-15-9-12-23(33)30(39)41-18-20-10-7-6-8-11-20)32-28(37)26-27(36)22(17-34)21(16-31-26)13-14-24(35)40-5-2/h6-8,10-11,16-17,19,23,25,36H,4-5,9,12-15,18H2,1-3H3,(H,32,37). The molecule has 1 aromatic carbocycles. The first-order valence-electron chi connectivity index (χ1n) is 13.8. The van der Waals surface area contributed by atoms with E-state index in [1.807, 2.05) is 37.3 Å². The van der Waals surface area contributed by atoms with Crippen molar-refractivity contribution >= 4 is 30.0 Å². The van der Waals surface area contributed by atoms with E-state index in [-0.39, 0.29) is 43.1 Å². The molecule has 220 valence electrons. The Hall–Kier alpha value is -4.28. The number of amides is 2. The Morgan fingerprint density at radius 1 is 1.17 bits per heavy atom. The number of aromatic nitrogens is 1. The van der Waals surface area contributed by atoms with Gasteiger partial charge in [-0.25, -0.2) is 9.78 Å². The highest BCUT2D eigenvalue weighted by atomic mass is 16.5. The van der Waals surface area contributed by atoms with Crippen molar-refractivity contribution in [3.63, 3.8) is 0 Å². The number of aryl methyl sites for hydroxylation is 1. The predicted octanol–water partition coefficient (Wildman–Crippen LogP) is 2.97. The lowest BCUT2D eigenvalue weighted by molar-refractivity contribution is -0.155. The summed E-state index contributed by atoms with van der Waals surface area (Å²) in [6.45, 7) is 5.97. The number of carbonyl (C=O) groups is 5. The van der Waals surface area contributed by atoms with Gasteiger partial charge in [0.15, 0.2) is 17.7 Å². The molecule has 3 rings (SSSR count). The molecule has 2 aromatic rings. The van der Waals surface area contributed by atoms with Crippen molar-refractivity contribution in [1.29, 1.82) is 0 Å². The van der Waals surface area contributed by atoms with E-state index in [1.165, 1.54) is 11.1 Å². The molecule has 1 saturated heterocycles. The quantitative estimate of drug-likeness (QED) is 0.275. The van der Waals surface area contributed by atoms with Gasteiger partial charge in [-0.2, -0.15) is 0 Å². The average Bonchev–Trinajstić information content (AvgIpc) is 3.47. The van der Waals surface area contributed by atoms with Crippen LogP contribution in [0, 0.1) is 5.92 Å². The Balaban J connectivity index is 1.75. The zero-order valence-corrected chi connectivity index (χ0v) is 23.6. The fraction of sp³-hybridized carbons (Fsp3) is 0.467. The summed E-state index contributed by atoms with van der Waals surface area (Å²) in [7, 11) is 0. The van der Waals surface area contributed by atoms with E-state index in [9.17, 15) is 29.1 Å². The van der Waals surface area contributed by atoms with E-state index in [0.29, 0.717) is 32.1 Å². The van der Waals surface area contributed by atoms with Gasteiger partial charge in [0, 0.05) is 19.2 Å². The molecule has 2 amide bonds. The topological polar surface area (TPSA) is 152 Å². The molecule has 2 heterocycles. The molecule has 3 unspecified atom stereocenters. The highest BCUT2D eigenvalue weighted by Gasteiger charge is 2.40. The number of likely N-dealkylation sites (tertiary alicyclic amines) is 1. The van der Waals surface area contributed by atoms with Gasteiger partial charge in [0.1, 0.15) is 18.7 Å². The summed E-state index contributed by atoms with van der Waals surface area (Å²) in [4.78, 5) is 68.8. The molecule has 0 aliphatic carbocycles. The number of aromatic hydroxyl groups is 1. The summed E-state index contributed by atoms with van der Waals surface area (Å²) < 4.78 is 10.4. The van der Waals surface area contributed by atoms with Gasteiger partial charge in [-0.3, -0.25) is 19.2 Å². The molecule has 11 heteroatoms. The van der Waals surface area contributed by atoms with E-state index in [1.54, 1.807) is 13.8 Å². The molecule has 1 aliphatic heterocycles. The zero-order valence-electron chi connectivity index (χ0n) is 23.6. The van der Waals surface area contributed by atoms with Crippen molar-refractivity contribution < 1.29 is 38.6 Å². The summed E-state index contributed by atoms with van der Waals surface area (Å²) in [5, 5.41) is 13.4. The van der Waals surface area contributed by atoms with Crippen LogP contribution in [-0.4, -0.2) is 70.3 Å². The largest absolute Gasteiger partial charge is 0.505 e. The smallest absolute Gasteiger partial charge is 0.329 e. The Kier molecular flexibility index (Phi) is 11.4. The lowest BCUT2D eigenvalue weighted by atomic mass is 9.97. The molecular formula is C30H37N3O8. The molecule has 11 nitrogen and oxygen atoms in total. The van der Waals surface area contributed by atoms with E-state index < -0.39 is 47.3 Å². The molecule has 0 saturated carbocycles. The van der Waals surface area contributed by atoms with Crippen LogP contribution in [0.15, 0.2) is 36.5 Å². The van der Waals surface area contributed by atoms with Gasteiger partial charge in [-0.05, 0) is 43.2 Å². The van der Waals surface area contributed by atoms with Crippen LogP contribution >= 0.6 is 0 Å². The van der Waals surface area contributed by atoms with Gasteiger partial charge in [0.2, 0.25) is 5.91 Å². The minimum absolute atomic E-state index is 0.0310. The van der Waals surface area contributed by atoms with Gasteiger partial charge in [0.25, 0.3) is 5.91 Å². The van der Waals surface area contributed by atoms with E-state index >= 15 is 0 Å². The Morgan fingerprint density at radius 3 is 2.56 bits per heavy atom. The highest BCUT2D eigenvalue weighted by molar-refractivity contribution is 6.01. The number of carbonyl (C=O) groups excluding carboxylic acids is 5. The van der Waals surface area contributed by atoms with Gasteiger partial charge < -0.3 is 24.8 Å². The van der Waals surface area contributed by atoms with Crippen LogP contribution in [0.1, 0.15) is 78.4 Å². The Morgan fingerprint density at radius 2 is 1.90 bits per heavy atom. The van der Waals surface area contributed by atoms with E-state index in [4.69, 9.17) is 9.47 Å². The first-order chi connectivity index (χ1) is 19.7. The number of benzene rings is 1. The number of ether oxygens (including phenoxy) is 2. The normalized spacial score (nSPS) is 16.0. The van der Waals surface area contributed by atoms with Crippen molar-refractivity contribution in [3.05, 3.63) is 58.9 Å². The van der Waals surface area contributed by atoms with Crippen molar-refractivity contribution in [3.8, 4) is 5.75 Å². The first kappa shape index (κ1) is 31.3. The number of nitrogens with zero attached hydrogens (tertiary/aromatic N) is 2. The van der Waals surface area contributed by atoms with Gasteiger partial charge in [-0.15, -0.1) is 0 Å². The minimum Gasteiger partial charge on any atom is -0.505 e. The predicted molar refractivity (Wildman–Crippen MR) is 148 cm³/mol. The lowest BCUT2D eigenvalue weighted by Crippen LogP contribution is -2.54. The molecule has 2 N–H and O–H groups in total. The maximum Gasteiger partial charge on any atom is 0.329 e. The second kappa shape index (κ2) is 14.9. The maximum atomic E-state index is 13.7. The van der Waals surface area contributed by atoms with Crippen LogP contribution in [0.25, 0.3) is 0 Å². The fourth-order valence-electron chi connectivity index (χ4n) is 4.69. The number of pyridine rings is 1. The van der Waals surface area contributed by atoms with Crippen molar-refractivity contribution in [2.45, 2.75) is 71.6 Å². The summed E-state index contributed by atoms with van der Waals surface area (Å²) >= 11 is 0. The summed E-state index contributed by atoms with van der Waals surface area (Å²) in [5.41, 5.74) is 0.524. The Labute approximate surface area is 239 Å². The molecule has 1 aromatic heterocycles. The number of hydrogen-bond acceptors (Lipinski definition) is 9. The summed E-state index contributed by atoms with van der Waals surface area (Å²) in [5.74, 6) is -3.22. The molecule has 3 atom stereocenters. The lowest BCUT2D eigenvalue weighted by Gasteiger charge is -2.31. The minimum atomic E-state index is -1.01. The van der Waals surface area contributed by atoms with Crippen LogP contribution in [0.5, 0.6) is 5.75 Å². The van der Waals surface area contributed by atoms with E-state index in [0.717, 1.165) is 5.56 Å². The number of rotatable bonds is 13. The van der Waals surface area contributed by atoms with Crippen LogP contribution in [0.3, 0.4) is 0 Å². The fourth-order valence-corrected chi connectivity index (χ4v) is 4.69. The molecule has 1 aliphatic rings. The molecule has 1 fully saturated rings. The third kappa shape index (κ3) is 7.90. The number of esters is 2. The summed E-state index contributed by atoms with van der Waals surface area (Å²) in [6, 6.07) is 7.44. The molecular weight excluding hydrogens is 530 g/mol. The second-order valence-electron chi connectivity index (χ2n) is 9.94. The SMILES string of the molecule is CCOC(=O)CCc1cnc(C(=O)NC(C(=O)N2CCCC2C(=O)OCc2ccccc2)C(C)CC)c(O)c1C=O. The number of aldehydes is 1. The van der Waals surface area contributed by atoms with Crippen LogP contribution in [0.4, 0.5) is 0 Å². The number of hydrogen-bond donors (Lipinski definition) is 2. The van der Waals surface area contributed by atoms with E-state index in [2.05, 4.69) is 10.3 Å². The van der Waals surface area contributed by atoms with Gasteiger partial charge >= 0.3 is 11.9 Å². The number of nitrogens with one attached hydrogen (secondary N) is 1. The van der Waals surface area contributed by atoms with Crippen molar-refractivity contribution in [2.24, 2.45) is 5.92 Å². The van der Waals surface area contributed by atoms with Gasteiger partial charge in [-0.1, -0.05) is 50.6 Å². The highest BCUT2D eigenvalue weighted by Crippen LogP contribution is 2.26. The zero-order chi connectivity index (χ0) is 29.9. The molecule has 41 heavy (non-hydrogen) atoms. The first-order valence-corrected chi connectivity index (χ1v) is 13.8. The van der Waals surface area contributed by atoms with Crippen molar-refractivity contribution in [1.82, 2.24) is 15.2 Å². The Bertz CT molecular complexity index is 1250. The van der Waals surface area contributed by atoms with Crippen LogP contribution < -0.4 is 5.32 Å². The molecule has 0 radical (unpaired) electrons. The van der Waals surface area contributed by atoms with Crippen molar-refractivity contribution in [2.75, 3.05) is 13.2 Å². The monoisotopic (exact) mass is 567 g/mol. The molecule has 0 spiro atoms. The third-order valence-electron chi connectivity index (χ3n) is 7.21. The average molecular weight is 568 g/mol. The van der Waals surface area contributed by atoms with Crippen LogP contribution in [-0.2, 0) is 36.9 Å². The third-order valence-corrected chi connectivity index (χ3v) is 7.21.